The van der Waals surface area contributed by atoms with E-state index >= 15 is 0 Å². The number of carbonyl (C=O) groups excluding carboxylic acids is 2. The van der Waals surface area contributed by atoms with Crippen molar-refractivity contribution in [2.45, 2.75) is 23.8 Å². The van der Waals surface area contributed by atoms with Gasteiger partial charge in [-0.1, -0.05) is 23.7 Å². The molecule has 2 heterocycles. The monoisotopic (exact) mass is 526 g/mol. The van der Waals surface area contributed by atoms with Crippen LogP contribution in [0.5, 0.6) is 5.75 Å². The van der Waals surface area contributed by atoms with Gasteiger partial charge in [-0.2, -0.15) is 0 Å². The molecule has 0 spiro atoms. The van der Waals surface area contributed by atoms with Gasteiger partial charge in [0, 0.05) is 17.1 Å². The average molecular weight is 527 g/mol. The van der Waals surface area contributed by atoms with Gasteiger partial charge < -0.3 is 14.4 Å². The molecule has 1 atom stereocenters. The predicted molar refractivity (Wildman–Crippen MR) is 135 cm³/mol. The maximum atomic E-state index is 13.6. The van der Waals surface area contributed by atoms with Crippen LogP contribution >= 0.6 is 11.6 Å². The Bertz CT molecular complexity index is 1440. The first-order valence-corrected chi connectivity index (χ1v) is 13.2. The van der Waals surface area contributed by atoms with Gasteiger partial charge in [0.25, 0.3) is 15.9 Å². The number of benzene rings is 3. The van der Waals surface area contributed by atoms with Gasteiger partial charge in [0.15, 0.2) is 0 Å². The Morgan fingerprint density at radius 1 is 1.03 bits per heavy atom. The number of para-hydroxylation sites is 2. The molecule has 0 N–H and O–H groups in total. The van der Waals surface area contributed by atoms with Crippen LogP contribution in [0.2, 0.25) is 5.02 Å². The summed E-state index contributed by atoms with van der Waals surface area (Å²) in [5, 5.41) is 0.454. The molecule has 2 aliphatic heterocycles. The second-order valence-electron chi connectivity index (χ2n) is 8.49. The number of rotatable bonds is 4. The van der Waals surface area contributed by atoms with Crippen LogP contribution < -0.4 is 13.9 Å². The van der Waals surface area contributed by atoms with Crippen LogP contribution in [0.4, 0.5) is 11.4 Å². The third-order valence-electron chi connectivity index (χ3n) is 6.29. The van der Waals surface area contributed by atoms with Crippen molar-refractivity contribution < 1.29 is 27.5 Å². The Kier molecular flexibility index (Phi) is 6.36. The average Bonchev–Trinajstić information content (AvgIpc) is 2.91. The lowest BCUT2D eigenvalue weighted by Crippen LogP contribution is -2.47. The van der Waals surface area contributed by atoms with Crippen molar-refractivity contribution in [3.8, 4) is 5.75 Å². The molecule has 0 unspecified atom stereocenters. The van der Waals surface area contributed by atoms with Gasteiger partial charge in [0.1, 0.15) is 5.75 Å². The summed E-state index contributed by atoms with van der Waals surface area (Å²) in [6.45, 7) is 0.333. The fourth-order valence-electron chi connectivity index (χ4n) is 4.52. The quantitative estimate of drug-likeness (QED) is 0.476. The normalized spacial score (nSPS) is 17.0. The molecule has 10 heteroatoms. The van der Waals surface area contributed by atoms with Crippen LogP contribution in [-0.2, 0) is 26.0 Å². The molecule has 0 aromatic heterocycles. The van der Waals surface area contributed by atoms with Crippen molar-refractivity contribution in [2.24, 2.45) is 0 Å². The highest BCUT2D eigenvalue weighted by Gasteiger charge is 2.36. The summed E-state index contributed by atoms with van der Waals surface area (Å²) in [4.78, 5) is 27.4. The fraction of sp³-hybridized carbons (Fsp3) is 0.231. The first kappa shape index (κ1) is 24.1. The van der Waals surface area contributed by atoms with Crippen molar-refractivity contribution in [3.05, 3.63) is 82.9 Å². The number of sulfonamides is 1. The van der Waals surface area contributed by atoms with Gasteiger partial charge in [-0.15, -0.1) is 0 Å². The van der Waals surface area contributed by atoms with Crippen LogP contribution in [-0.4, -0.2) is 46.6 Å². The Hall–Kier alpha value is -3.56. The van der Waals surface area contributed by atoms with Gasteiger partial charge in [0.2, 0.25) is 6.10 Å². The third-order valence-corrected chi connectivity index (χ3v) is 8.37. The molecule has 186 valence electrons. The summed E-state index contributed by atoms with van der Waals surface area (Å²) in [7, 11) is -2.52. The van der Waals surface area contributed by atoms with Gasteiger partial charge >= 0.3 is 5.97 Å². The number of esters is 1. The lowest BCUT2D eigenvalue weighted by molar-refractivity contribution is -0.148. The van der Waals surface area contributed by atoms with E-state index in [0.717, 1.165) is 5.56 Å². The summed E-state index contributed by atoms with van der Waals surface area (Å²) >= 11 is 5.93. The molecule has 3 aromatic carbocycles. The molecular weight excluding hydrogens is 504 g/mol. The van der Waals surface area contributed by atoms with Crippen LogP contribution in [0.3, 0.4) is 0 Å². The molecule has 3 aromatic rings. The Labute approximate surface area is 214 Å². The minimum absolute atomic E-state index is 0.00330. The number of methoxy groups -OCH3 is 1. The highest BCUT2D eigenvalue weighted by Crippen LogP contribution is 2.36. The van der Waals surface area contributed by atoms with Crippen LogP contribution in [0.25, 0.3) is 0 Å². The number of halogens is 1. The highest BCUT2D eigenvalue weighted by molar-refractivity contribution is 7.92. The molecule has 0 aliphatic carbocycles. The third kappa shape index (κ3) is 4.29. The Morgan fingerprint density at radius 2 is 1.78 bits per heavy atom. The van der Waals surface area contributed by atoms with E-state index in [4.69, 9.17) is 21.1 Å². The molecule has 5 rings (SSSR count). The summed E-state index contributed by atoms with van der Waals surface area (Å²) in [6, 6.07) is 18.0. The Balaban J connectivity index is 1.48. The zero-order valence-corrected chi connectivity index (χ0v) is 21.0. The maximum absolute atomic E-state index is 13.6. The van der Waals surface area contributed by atoms with E-state index in [1.54, 1.807) is 54.6 Å². The second-order valence-corrected chi connectivity index (χ2v) is 10.8. The first-order valence-electron chi connectivity index (χ1n) is 11.4. The molecule has 8 nitrogen and oxygen atoms in total. The first-order chi connectivity index (χ1) is 17.3. The van der Waals surface area contributed by atoms with Crippen LogP contribution in [0.15, 0.2) is 71.6 Å². The van der Waals surface area contributed by atoms with E-state index in [2.05, 4.69) is 0 Å². The lowest BCUT2D eigenvalue weighted by atomic mass is 10.00. The number of anilines is 2. The van der Waals surface area contributed by atoms with Crippen molar-refractivity contribution in [3.63, 3.8) is 0 Å². The maximum Gasteiger partial charge on any atom is 0.348 e. The summed E-state index contributed by atoms with van der Waals surface area (Å²) in [6.07, 6.45) is 0.294. The zero-order chi connectivity index (χ0) is 25.4. The molecule has 0 radical (unpaired) electrons. The lowest BCUT2D eigenvalue weighted by Gasteiger charge is -2.34. The fourth-order valence-corrected chi connectivity index (χ4v) is 6.18. The van der Waals surface area contributed by atoms with Crippen molar-refractivity contribution in [1.29, 1.82) is 0 Å². The van der Waals surface area contributed by atoms with E-state index in [1.165, 1.54) is 28.4 Å². The summed E-state index contributed by atoms with van der Waals surface area (Å²) < 4.78 is 38.6. The predicted octanol–water partition coefficient (Wildman–Crippen LogP) is 4.06. The molecule has 0 saturated heterocycles. The van der Waals surface area contributed by atoms with Gasteiger partial charge in [-0.25, -0.2) is 13.2 Å². The zero-order valence-electron chi connectivity index (χ0n) is 19.4. The molecule has 0 bridgehead atoms. The van der Waals surface area contributed by atoms with Gasteiger partial charge in [0.05, 0.1) is 29.9 Å². The number of ether oxygens (including phenoxy) is 2. The molecule has 36 heavy (non-hydrogen) atoms. The summed E-state index contributed by atoms with van der Waals surface area (Å²) in [5.74, 6) is -0.485. The van der Waals surface area contributed by atoms with Gasteiger partial charge in [-0.05, 0) is 73.0 Å². The van der Waals surface area contributed by atoms with E-state index in [1.807, 2.05) is 0 Å². The number of carbonyl (C=O) groups is 2. The number of nitrogens with zero attached hydrogens (tertiary/aromatic N) is 2. The minimum atomic E-state index is -3.79. The number of hydrogen-bond acceptors (Lipinski definition) is 6. The number of amides is 1. The topological polar surface area (TPSA) is 93.2 Å². The second kappa shape index (κ2) is 9.48. The number of aryl methyl sites for hydroxylation is 1. The number of hydrogen-bond donors (Lipinski definition) is 0. The van der Waals surface area contributed by atoms with Crippen LogP contribution in [0, 0.1) is 0 Å². The van der Waals surface area contributed by atoms with Crippen molar-refractivity contribution in [2.75, 3.05) is 29.4 Å². The number of fused-ring (bicyclic) bond motifs is 2. The van der Waals surface area contributed by atoms with Gasteiger partial charge in [-0.3, -0.25) is 9.10 Å². The van der Waals surface area contributed by atoms with E-state index in [9.17, 15) is 18.0 Å². The van der Waals surface area contributed by atoms with Crippen molar-refractivity contribution in [1.82, 2.24) is 0 Å². The molecular formula is C26H23ClN2O6S. The van der Waals surface area contributed by atoms with Crippen LogP contribution in [0.1, 0.15) is 22.3 Å². The molecule has 0 saturated carbocycles. The molecule has 0 fully saturated rings. The molecule has 2 aliphatic rings. The van der Waals surface area contributed by atoms with E-state index < -0.39 is 22.1 Å². The van der Waals surface area contributed by atoms with E-state index in [-0.39, 0.29) is 17.3 Å². The Morgan fingerprint density at radius 3 is 2.53 bits per heavy atom. The largest absolute Gasteiger partial charge is 0.475 e. The standard InChI is InChI=1S/C26H23ClN2O6S/c1-34-26(31)24-16-28(22-6-2-3-7-23(22)35-24)25(30)18-8-13-21-17(15-18)5-4-14-29(21)36(32,33)20-11-9-19(27)10-12-20/h2-3,6-13,15,24H,4-5,14,16H2,1H3/t24-/m0/s1. The smallest absolute Gasteiger partial charge is 0.348 e. The summed E-state index contributed by atoms with van der Waals surface area (Å²) in [5.41, 5.74) is 2.24. The van der Waals surface area contributed by atoms with Crippen molar-refractivity contribution >= 4 is 44.9 Å². The minimum Gasteiger partial charge on any atom is -0.475 e. The highest BCUT2D eigenvalue weighted by atomic mass is 35.5. The molecule has 1 amide bonds. The van der Waals surface area contributed by atoms with E-state index in [0.29, 0.717) is 47.1 Å². The SMILES string of the molecule is COC(=O)[C@@H]1CN(C(=O)c2ccc3c(c2)CCCN3S(=O)(=O)c2ccc(Cl)cc2)c2ccccc2O1.